The van der Waals surface area contributed by atoms with Crippen molar-refractivity contribution in [2.24, 2.45) is 29.4 Å². The SMILES string of the molecule is CC[C@H](N)C(=O)C(=O)NC(=O)CN(C(=O)[C@H](CC1CCCCC1)NC(=O)[C@@H](NC(=O)[C@H](CC(C)C)NC(=O)c1cnccn1)[C@@H](C)CC)S(=O)(=O)c1cc(C(=O)NCC2CC2)ccc1Cl. The first kappa shape index (κ1) is 52.3. The molecule has 7 amide bonds. The molecule has 65 heavy (non-hydrogen) atoms. The van der Waals surface area contributed by atoms with E-state index in [0.29, 0.717) is 31.7 Å². The van der Waals surface area contributed by atoms with Crippen molar-refractivity contribution in [1.29, 1.82) is 0 Å². The molecule has 0 unspecified atom stereocenters. The predicted octanol–water partition coefficient (Wildman–Crippen LogP) is 2.57. The molecule has 2 aliphatic rings. The van der Waals surface area contributed by atoms with Crippen molar-refractivity contribution in [3.8, 4) is 0 Å². The van der Waals surface area contributed by atoms with Gasteiger partial charge in [0.2, 0.25) is 23.5 Å². The topological polar surface area (TPSA) is 286 Å². The van der Waals surface area contributed by atoms with E-state index in [0.717, 1.165) is 44.2 Å². The smallest absolute Gasteiger partial charge is 0.295 e. The Morgan fingerprint density at radius 1 is 0.846 bits per heavy atom. The van der Waals surface area contributed by atoms with Crippen LogP contribution in [0.4, 0.5) is 0 Å². The fourth-order valence-electron chi connectivity index (χ4n) is 7.34. The van der Waals surface area contributed by atoms with E-state index >= 15 is 0 Å². The van der Waals surface area contributed by atoms with Crippen molar-refractivity contribution in [2.75, 3.05) is 13.1 Å². The average molecular weight is 945 g/mol. The van der Waals surface area contributed by atoms with Crippen LogP contribution in [-0.4, -0.2) is 107 Å². The van der Waals surface area contributed by atoms with E-state index in [4.69, 9.17) is 17.3 Å². The molecule has 2 aliphatic carbocycles. The molecule has 2 aromatic rings. The number of benzene rings is 1. The van der Waals surface area contributed by atoms with Crippen LogP contribution in [0.15, 0.2) is 41.7 Å². The Balaban J connectivity index is 1.73. The number of carbonyl (C=O) groups excluding carboxylic acids is 8. The minimum atomic E-state index is -5.20. The van der Waals surface area contributed by atoms with Gasteiger partial charge >= 0.3 is 0 Å². The summed E-state index contributed by atoms with van der Waals surface area (Å²) in [5.74, 6) is -8.61. The van der Waals surface area contributed by atoms with Crippen LogP contribution < -0.4 is 32.3 Å². The number of hydrogen-bond donors (Lipinski definition) is 6. The maximum atomic E-state index is 15.0. The van der Waals surface area contributed by atoms with E-state index in [9.17, 15) is 46.8 Å². The zero-order valence-electron chi connectivity index (χ0n) is 37.6. The lowest BCUT2D eigenvalue weighted by Crippen LogP contribution is -2.60. The van der Waals surface area contributed by atoms with Gasteiger partial charge in [-0.2, -0.15) is 0 Å². The lowest BCUT2D eigenvalue weighted by atomic mass is 9.84. The van der Waals surface area contributed by atoms with E-state index in [1.807, 2.05) is 19.2 Å². The molecule has 0 saturated heterocycles. The zero-order valence-corrected chi connectivity index (χ0v) is 39.1. The van der Waals surface area contributed by atoms with Crippen LogP contribution in [-0.2, 0) is 38.8 Å². The maximum Gasteiger partial charge on any atom is 0.295 e. The Bertz CT molecular complexity index is 2170. The van der Waals surface area contributed by atoms with Crippen LogP contribution >= 0.6 is 11.6 Å². The van der Waals surface area contributed by atoms with Gasteiger partial charge in [-0.25, -0.2) is 17.7 Å². The molecule has 1 aromatic carbocycles. The second-order valence-corrected chi connectivity index (χ2v) is 19.6. The molecule has 0 spiro atoms. The van der Waals surface area contributed by atoms with Gasteiger partial charge in [-0.15, -0.1) is 0 Å². The lowest BCUT2D eigenvalue weighted by Gasteiger charge is -2.33. The number of halogens is 1. The highest BCUT2D eigenvalue weighted by Gasteiger charge is 2.41. The highest BCUT2D eigenvalue weighted by molar-refractivity contribution is 7.89. The van der Waals surface area contributed by atoms with Crippen molar-refractivity contribution < 1.29 is 46.8 Å². The zero-order chi connectivity index (χ0) is 48.0. The molecule has 4 rings (SSSR count). The highest BCUT2D eigenvalue weighted by atomic mass is 35.5. The van der Waals surface area contributed by atoms with E-state index in [1.54, 1.807) is 13.8 Å². The first-order valence-electron chi connectivity index (χ1n) is 22.2. The highest BCUT2D eigenvalue weighted by Crippen LogP contribution is 2.31. The molecule has 0 aliphatic heterocycles. The third-order valence-corrected chi connectivity index (χ3v) is 13.8. The Morgan fingerprint density at radius 3 is 2.14 bits per heavy atom. The van der Waals surface area contributed by atoms with Crippen LogP contribution in [0, 0.1) is 23.7 Å². The molecular weight excluding hydrogens is 882 g/mol. The normalized spacial score (nSPS) is 16.5. The van der Waals surface area contributed by atoms with Gasteiger partial charge in [0.1, 0.15) is 35.3 Å². The second-order valence-electron chi connectivity index (χ2n) is 17.3. The Labute approximate surface area is 385 Å². The number of nitrogens with zero attached hydrogens (tertiary/aromatic N) is 3. The average Bonchev–Trinajstić information content (AvgIpc) is 4.12. The second kappa shape index (κ2) is 24.3. The summed E-state index contributed by atoms with van der Waals surface area (Å²) in [5.41, 5.74) is 5.57. The summed E-state index contributed by atoms with van der Waals surface area (Å²) < 4.78 is 29.7. The van der Waals surface area contributed by atoms with Gasteiger partial charge in [-0.1, -0.05) is 84.7 Å². The van der Waals surface area contributed by atoms with Crippen LogP contribution in [0.5, 0.6) is 0 Å². The summed E-state index contributed by atoms with van der Waals surface area (Å²) in [6.07, 6.45) is 10.1. The number of imide groups is 1. The third-order valence-electron chi connectivity index (χ3n) is 11.6. The van der Waals surface area contributed by atoms with Crippen molar-refractivity contribution in [2.45, 2.75) is 134 Å². The van der Waals surface area contributed by atoms with Crippen molar-refractivity contribution in [1.82, 2.24) is 40.9 Å². The first-order valence-corrected chi connectivity index (χ1v) is 24.0. The maximum absolute atomic E-state index is 15.0. The minimum absolute atomic E-state index is 0.0344. The molecule has 1 aromatic heterocycles. The monoisotopic (exact) mass is 943 g/mol. The number of amides is 7. The quantitative estimate of drug-likeness (QED) is 0.0875. The summed E-state index contributed by atoms with van der Waals surface area (Å²) in [4.78, 5) is 116. The largest absolute Gasteiger partial charge is 0.352 e. The minimum Gasteiger partial charge on any atom is -0.352 e. The van der Waals surface area contributed by atoms with E-state index in [-0.39, 0.29) is 46.7 Å². The van der Waals surface area contributed by atoms with Crippen LogP contribution in [0.2, 0.25) is 5.02 Å². The predicted molar refractivity (Wildman–Crippen MR) is 239 cm³/mol. The molecule has 19 nitrogen and oxygen atoms in total. The number of rotatable bonds is 23. The van der Waals surface area contributed by atoms with Crippen molar-refractivity contribution in [3.05, 3.63) is 53.1 Å². The molecular formula is C44H62ClN9O10S. The van der Waals surface area contributed by atoms with Crippen LogP contribution in [0.25, 0.3) is 0 Å². The van der Waals surface area contributed by atoms with Crippen molar-refractivity contribution >= 4 is 68.8 Å². The molecule has 7 N–H and O–H groups in total. The molecule has 1 heterocycles. The fourth-order valence-corrected chi connectivity index (χ4v) is 9.22. The third kappa shape index (κ3) is 15.1. The standard InChI is InChI=1S/C44H62ClN9O10S/c1-6-26(5)37(53-40(58)32(19-25(3)4)50-41(59)34-23-47-17-18-48-34)42(60)51-33(20-27-11-9-8-10-12-27)44(62)54(24-36(55)52-43(61)38(56)31(46)7-2)65(63,64)35-21-29(15-16-30(35)45)39(57)49-22-28-13-14-28/h15-18,21,23,25-28,31-33,37H,6-14,19-20,22,24,46H2,1-5H3,(H,49,57)(H,50,59)(H,51,60)(H,53,58)(H,52,55,61)/t26-,31-,32-,33-,37-/m0/s1. The van der Waals surface area contributed by atoms with Gasteiger partial charge in [0.25, 0.3) is 33.7 Å². The van der Waals surface area contributed by atoms with Gasteiger partial charge in [0, 0.05) is 24.5 Å². The molecule has 356 valence electrons. The van der Waals surface area contributed by atoms with Gasteiger partial charge in [-0.3, -0.25) is 48.7 Å². The summed E-state index contributed by atoms with van der Waals surface area (Å²) in [5, 5.41) is 12.2. The van der Waals surface area contributed by atoms with E-state index in [1.165, 1.54) is 31.6 Å². The molecule has 5 atom stereocenters. The summed E-state index contributed by atoms with van der Waals surface area (Å²) in [6, 6.07) is -1.91. The molecule has 2 fully saturated rings. The number of hydrogen-bond acceptors (Lipinski definition) is 13. The molecule has 21 heteroatoms. The number of sulfonamides is 1. The number of ketones is 1. The van der Waals surface area contributed by atoms with Gasteiger partial charge < -0.3 is 27.0 Å². The Morgan fingerprint density at radius 2 is 1.54 bits per heavy atom. The van der Waals surface area contributed by atoms with Crippen molar-refractivity contribution in [3.63, 3.8) is 0 Å². The Hall–Kier alpha value is -5.34. The summed E-state index contributed by atoms with van der Waals surface area (Å²) in [7, 11) is -5.20. The number of aromatic nitrogens is 2. The number of carbonyl (C=O) groups is 8. The van der Waals surface area contributed by atoms with Crippen LogP contribution in [0.3, 0.4) is 0 Å². The summed E-state index contributed by atoms with van der Waals surface area (Å²) >= 11 is 6.46. The lowest BCUT2D eigenvalue weighted by molar-refractivity contribution is -0.142. The molecule has 2 saturated carbocycles. The van der Waals surface area contributed by atoms with Gasteiger partial charge in [0.15, 0.2) is 0 Å². The van der Waals surface area contributed by atoms with E-state index in [2.05, 4.69) is 31.2 Å². The van der Waals surface area contributed by atoms with Gasteiger partial charge in [0.05, 0.1) is 17.3 Å². The Kier molecular flexibility index (Phi) is 19.5. The fraction of sp³-hybridized carbons (Fsp3) is 0.591. The first-order chi connectivity index (χ1) is 30.8. The van der Waals surface area contributed by atoms with Crippen LogP contribution in [0.1, 0.15) is 126 Å². The molecule has 0 radical (unpaired) electrons. The summed E-state index contributed by atoms with van der Waals surface area (Å²) in [6.45, 7) is 7.71. The van der Waals surface area contributed by atoms with E-state index < -0.39 is 104 Å². The number of nitrogens with one attached hydrogen (secondary N) is 5. The number of nitrogens with two attached hydrogens (primary N) is 1. The molecule has 0 bridgehead atoms. The van der Waals surface area contributed by atoms with Gasteiger partial charge in [-0.05, 0) is 74.0 Å². The number of Topliss-reactive ketones (excluding diaryl/α,β-unsaturated/α-hetero) is 1.